The Hall–Kier alpha value is -1.74. The van der Waals surface area contributed by atoms with Crippen LogP contribution in [0, 0.1) is 5.92 Å². The van der Waals surface area contributed by atoms with E-state index in [1.807, 2.05) is 4.90 Å². The van der Waals surface area contributed by atoms with Crippen LogP contribution in [-0.4, -0.2) is 56.6 Å². The highest BCUT2D eigenvalue weighted by atomic mass is 32.2. The molecule has 9 heteroatoms. The number of halogens is 2. The number of hydrogen-bond acceptors (Lipinski definition) is 4. The van der Waals surface area contributed by atoms with E-state index in [1.165, 1.54) is 6.92 Å². The fourth-order valence-corrected chi connectivity index (χ4v) is 4.99. The fraction of sp³-hybridized carbons (Fsp3) is 0.667. The van der Waals surface area contributed by atoms with Gasteiger partial charge in [0.05, 0.1) is 12.4 Å². The molecule has 0 spiro atoms. The van der Waals surface area contributed by atoms with Crippen LogP contribution >= 0.6 is 0 Å². The number of likely N-dealkylation sites (tertiary alicyclic amines) is 1. The van der Waals surface area contributed by atoms with Crippen LogP contribution in [0.25, 0.3) is 0 Å². The van der Waals surface area contributed by atoms with Crippen molar-refractivity contribution in [3.05, 3.63) is 29.8 Å². The summed E-state index contributed by atoms with van der Waals surface area (Å²) in [4.78, 5) is 14.4. The molecule has 1 aromatic carbocycles. The van der Waals surface area contributed by atoms with Gasteiger partial charge in [-0.05, 0) is 56.9 Å². The third kappa shape index (κ3) is 6.14. The molecule has 3 rings (SSSR count). The van der Waals surface area contributed by atoms with Crippen molar-refractivity contribution in [2.75, 3.05) is 25.4 Å². The van der Waals surface area contributed by atoms with Crippen molar-refractivity contribution in [2.45, 2.75) is 57.4 Å². The van der Waals surface area contributed by atoms with E-state index in [4.69, 9.17) is 4.74 Å². The Balaban J connectivity index is 1.61. The first kappa shape index (κ1) is 22.9. The van der Waals surface area contributed by atoms with Gasteiger partial charge >= 0.3 is 0 Å². The van der Waals surface area contributed by atoms with Crippen molar-refractivity contribution < 1.29 is 26.7 Å². The Labute approximate surface area is 177 Å². The second kappa shape index (κ2) is 9.60. The van der Waals surface area contributed by atoms with Crippen molar-refractivity contribution in [3.63, 3.8) is 0 Å². The predicted molar refractivity (Wildman–Crippen MR) is 110 cm³/mol. The molecule has 2 fully saturated rings. The zero-order chi connectivity index (χ0) is 21.8. The van der Waals surface area contributed by atoms with Crippen LogP contribution in [0.4, 0.5) is 8.78 Å². The van der Waals surface area contributed by atoms with Gasteiger partial charge in [0.2, 0.25) is 15.9 Å². The molecule has 1 aromatic rings. The molecule has 1 N–H and O–H groups in total. The minimum absolute atomic E-state index is 0.0118. The molecule has 2 aliphatic rings. The van der Waals surface area contributed by atoms with Crippen molar-refractivity contribution >= 4 is 15.9 Å². The maximum atomic E-state index is 13.9. The van der Waals surface area contributed by atoms with Crippen molar-refractivity contribution in [1.82, 2.24) is 9.62 Å². The van der Waals surface area contributed by atoms with Gasteiger partial charge in [-0.1, -0.05) is 0 Å². The largest absolute Gasteiger partial charge is 0.493 e. The number of amides is 1. The molecule has 30 heavy (non-hydrogen) atoms. The van der Waals surface area contributed by atoms with E-state index in [-0.39, 0.29) is 31.1 Å². The number of carbonyl (C=O) groups excluding carboxylic acids is 1. The highest BCUT2D eigenvalue weighted by Crippen LogP contribution is 2.37. The quantitative estimate of drug-likeness (QED) is 0.699. The minimum atomic E-state index is -3.49. The highest BCUT2D eigenvalue weighted by molar-refractivity contribution is 7.89. The summed E-state index contributed by atoms with van der Waals surface area (Å²) in [6, 6.07) is 6.10. The van der Waals surface area contributed by atoms with Crippen LogP contribution in [0.3, 0.4) is 0 Å². The third-order valence-electron chi connectivity index (χ3n) is 5.87. The van der Waals surface area contributed by atoms with Crippen LogP contribution in [0.2, 0.25) is 0 Å². The van der Waals surface area contributed by atoms with E-state index in [0.29, 0.717) is 11.3 Å². The first-order chi connectivity index (χ1) is 14.2. The molecule has 1 aliphatic heterocycles. The number of benzene rings is 1. The standard InChI is InChI=1S/C21H30F2N2O4S/c1-2-30(27,28)24-19-10-11-21(22,23)14-17(19)15-29-18-8-6-16(7-9-18)20(26)25-12-4-3-5-13-25/h6-9,17,19,24H,2-5,10-15H2,1H3/t17-,19+/m1/s1. The maximum Gasteiger partial charge on any atom is 0.253 e. The molecule has 2 atom stereocenters. The predicted octanol–water partition coefficient (Wildman–Crippen LogP) is 3.43. The number of nitrogens with zero attached hydrogens (tertiary/aromatic N) is 1. The van der Waals surface area contributed by atoms with E-state index >= 15 is 0 Å². The fourth-order valence-electron chi connectivity index (χ4n) is 4.05. The zero-order valence-corrected chi connectivity index (χ0v) is 18.1. The second-order valence-electron chi connectivity index (χ2n) is 8.17. The van der Waals surface area contributed by atoms with E-state index in [1.54, 1.807) is 24.3 Å². The molecular formula is C21H30F2N2O4S. The smallest absolute Gasteiger partial charge is 0.253 e. The molecular weight excluding hydrogens is 414 g/mol. The molecule has 0 bridgehead atoms. The van der Waals surface area contributed by atoms with Crippen LogP contribution in [-0.2, 0) is 10.0 Å². The molecule has 1 heterocycles. The highest BCUT2D eigenvalue weighted by Gasteiger charge is 2.42. The molecule has 0 unspecified atom stereocenters. The van der Waals surface area contributed by atoms with E-state index in [9.17, 15) is 22.0 Å². The lowest BCUT2D eigenvalue weighted by Gasteiger charge is -2.36. The van der Waals surface area contributed by atoms with Gasteiger partial charge in [0.25, 0.3) is 5.91 Å². The topological polar surface area (TPSA) is 75.7 Å². The summed E-state index contributed by atoms with van der Waals surface area (Å²) in [5.74, 6) is -3.10. The number of hydrogen-bond donors (Lipinski definition) is 1. The molecule has 1 saturated heterocycles. The van der Waals surface area contributed by atoms with Crippen LogP contribution in [0.15, 0.2) is 24.3 Å². The number of piperidine rings is 1. The van der Waals surface area contributed by atoms with Crippen molar-refractivity contribution in [1.29, 1.82) is 0 Å². The maximum absolute atomic E-state index is 13.9. The lowest BCUT2D eigenvalue weighted by Crippen LogP contribution is -2.48. The van der Waals surface area contributed by atoms with Gasteiger partial charge in [-0.15, -0.1) is 0 Å². The number of ether oxygens (including phenoxy) is 1. The first-order valence-corrected chi connectivity index (χ1v) is 12.2. The van der Waals surface area contributed by atoms with Crippen molar-refractivity contribution in [2.24, 2.45) is 5.92 Å². The number of nitrogens with one attached hydrogen (secondary N) is 1. The second-order valence-corrected chi connectivity index (χ2v) is 10.2. The van der Waals surface area contributed by atoms with Gasteiger partial charge < -0.3 is 9.64 Å². The Morgan fingerprint density at radius 3 is 2.50 bits per heavy atom. The van der Waals surface area contributed by atoms with Crippen LogP contribution in [0.5, 0.6) is 5.75 Å². The molecule has 0 radical (unpaired) electrons. The Morgan fingerprint density at radius 1 is 1.20 bits per heavy atom. The summed E-state index contributed by atoms with van der Waals surface area (Å²) in [5.41, 5.74) is 0.571. The summed E-state index contributed by atoms with van der Waals surface area (Å²) < 4.78 is 59.9. The van der Waals surface area contributed by atoms with Gasteiger partial charge in [-0.25, -0.2) is 21.9 Å². The summed E-state index contributed by atoms with van der Waals surface area (Å²) in [6.07, 6.45) is 2.49. The summed E-state index contributed by atoms with van der Waals surface area (Å²) in [7, 11) is -3.49. The molecule has 0 aromatic heterocycles. The van der Waals surface area contributed by atoms with E-state index in [2.05, 4.69) is 4.72 Å². The molecule has 1 amide bonds. The summed E-state index contributed by atoms with van der Waals surface area (Å²) in [6.45, 7) is 3.02. The normalized spacial score (nSPS) is 24.4. The zero-order valence-electron chi connectivity index (χ0n) is 17.3. The number of sulfonamides is 1. The average molecular weight is 445 g/mol. The Kier molecular flexibility index (Phi) is 7.34. The SMILES string of the molecule is CCS(=O)(=O)N[C@H]1CCC(F)(F)C[C@@H]1COc1ccc(C(=O)N2CCCCC2)cc1. The van der Waals surface area contributed by atoms with Crippen LogP contribution < -0.4 is 9.46 Å². The average Bonchev–Trinajstić information content (AvgIpc) is 2.74. The minimum Gasteiger partial charge on any atom is -0.493 e. The van der Waals surface area contributed by atoms with Gasteiger partial charge in [0.15, 0.2) is 0 Å². The van der Waals surface area contributed by atoms with Crippen LogP contribution in [0.1, 0.15) is 55.8 Å². The number of rotatable bonds is 7. The Bertz CT molecular complexity index is 824. The number of alkyl halides is 2. The lowest BCUT2D eigenvalue weighted by atomic mass is 9.83. The number of carbonyl (C=O) groups is 1. The monoisotopic (exact) mass is 444 g/mol. The lowest BCUT2D eigenvalue weighted by molar-refractivity contribution is -0.0661. The van der Waals surface area contributed by atoms with Crippen molar-refractivity contribution in [3.8, 4) is 5.75 Å². The van der Waals surface area contributed by atoms with Gasteiger partial charge in [0.1, 0.15) is 5.75 Å². The third-order valence-corrected chi connectivity index (χ3v) is 7.29. The molecule has 6 nitrogen and oxygen atoms in total. The molecule has 168 valence electrons. The van der Waals surface area contributed by atoms with E-state index < -0.39 is 34.3 Å². The molecule has 1 saturated carbocycles. The first-order valence-electron chi connectivity index (χ1n) is 10.6. The van der Waals surface area contributed by atoms with Gasteiger partial charge in [-0.3, -0.25) is 4.79 Å². The van der Waals surface area contributed by atoms with E-state index in [0.717, 1.165) is 32.4 Å². The Morgan fingerprint density at radius 2 is 1.87 bits per heavy atom. The van der Waals surface area contributed by atoms with Gasteiger partial charge in [0, 0.05) is 43.5 Å². The molecule has 1 aliphatic carbocycles. The van der Waals surface area contributed by atoms with Gasteiger partial charge in [-0.2, -0.15) is 0 Å². The summed E-state index contributed by atoms with van der Waals surface area (Å²) >= 11 is 0. The summed E-state index contributed by atoms with van der Waals surface area (Å²) in [5, 5.41) is 0.